The molecule has 1 aromatic rings. The summed E-state index contributed by atoms with van der Waals surface area (Å²) >= 11 is 0. The molecular formula is C31H42O4. The van der Waals surface area contributed by atoms with Crippen molar-refractivity contribution in [2.45, 2.75) is 77.9 Å². The molecule has 5 aliphatic rings. The zero-order valence-electron chi connectivity index (χ0n) is 22.0. The highest BCUT2D eigenvalue weighted by Crippen LogP contribution is 2.69. The second kappa shape index (κ2) is 8.45. The summed E-state index contributed by atoms with van der Waals surface area (Å²) in [5.74, 6) is 4.07. The summed E-state index contributed by atoms with van der Waals surface area (Å²) in [5, 5.41) is 0. The van der Waals surface area contributed by atoms with E-state index in [0.29, 0.717) is 29.0 Å². The number of hydrogen-bond donors (Lipinski definition) is 0. The summed E-state index contributed by atoms with van der Waals surface area (Å²) in [5.41, 5.74) is 2.66. The van der Waals surface area contributed by atoms with Gasteiger partial charge in [0, 0.05) is 12.3 Å². The van der Waals surface area contributed by atoms with Crippen LogP contribution in [0.4, 0.5) is 0 Å². The quantitative estimate of drug-likeness (QED) is 0.455. The third-order valence-electron chi connectivity index (χ3n) is 11.4. The molecule has 190 valence electrons. The van der Waals surface area contributed by atoms with E-state index in [0.717, 1.165) is 54.8 Å². The van der Waals surface area contributed by atoms with Gasteiger partial charge >= 0.3 is 0 Å². The number of carbonyl (C=O) groups is 1. The van der Waals surface area contributed by atoms with Crippen molar-refractivity contribution in [3.8, 4) is 5.75 Å². The van der Waals surface area contributed by atoms with Gasteiger partial charge in [0.2, 0.25) is 0 Å². The normalized spacial score (nSPS) is 43.5. The van der Waals surface area contributed by atoms with Gasteiger partial charge < -0.3 is 14.2 Å². The standard InChI is InChI=1S/C31H42O4/c1-29-14-13-26-24(25(29)11-12-28(29)31(3)34-15-16-35-31)10-7-22-18-27(32)21(19-30(22,26)2)17-20-5-8-23(33-4)9-6-20/h5-6,8-9,17,22,24-26,28H,7,10-16,18-19H2,1-4H3/b21-17-/t22-,24+,25+,26+,28+,29+,30-/m0/s1. The van der Waals surface area contributed by atoms with Crippen LogP contribution in [0.15, 0.2) is 29.8 Å². The molecule has 5 fully saturated rings. The average Bonchev–Trinajstić information content (AvgIpc) is 3.44. The second-order valence-corrected chi connectivity index (χ2v) is 12.8. The fourth-order valence-electron chi connectivity index (χ4n) is 9.64. The Labute approximate surface area is 210 Å². The maximum absolute atomic E-state index is 13.2. The van der Waals surface area contributed by atoms with Crippen LogP contribution < -0.4 is 4.74 Å². The minimum absolute atomic E-state index is 0.221. The predicted molar refractivity (Wildman–Crippen MR) is 137 cm³/mol. The molecule has 35 heavy (non-hydrogen) atoms. The molecule has 4 heteroatoms. The lowest BCUT2D eigenvalue weighted by molar-refractivity contribution is -0.217. The number of fused-ring (bicyclic) bond motifs is 5. The van der Waals surface area contributed by atoms with Crippen molar-refractivity contribution in [1.82, 2.24) is 0 Å². The van der Waals surface area contributed by atoms with Gasteiger partial charge in [0.05, 0.1) is 20.3 Å². The average molecular weight is 479 g/mol. The lowest BCUT2D eigenvalue weighted by Crippen LogP contribution is -2.55. The Morgan fingerprint density at radius 2 is 1.63 bits per heavy atom. The van der Waals surface area contributed by atoms with Crippen molar-refractivity contribution in [1.29, 1.82) is 0 Å². The molecule has 4 saturated carbocycles. The Bertz CT molecular complexity index is 1010. The number of rotatable bonds is 3. The van der Waals surface area contributed by atoms with E-state index in [1.54, 1.807) is 7.11 Å². The van der Waals surface area contributed by atoms with E-state index in [4.69, 9.17) is 14.2 Å². The van der Waals surface area contributed by atoms with E-state index in [2.05, 4.69) is 39.0 Å². The molecule has 6 rings (SSSR count). The van der Waals surface area contributed by atoms with Gasteiger partial charge in [-0.05, 0) is 116 Å². The molecular weight excluding hydrogens is 436 g/mol. The van der Waals surface area contributed by atoms with Gasteiger partial charge in [-0.25, -0.2) is 0 Å². The van der Waals surface area contributed by atoms with Crippen LogP contribution in [0.3, 0.4) is 0 Å². The molecule has 0 bridgehead atoms. The molecule has 1 saturated heterocycles. The van der Waals surface area contributed by atoms with E-state index in [-0.39, 0.29) is 5.41 Å². The van der Waals surface area contributed by atoms with Gasteiger partial charge in [-0.2, -0.15) is 0 Å². The first-order valence-corrected chi connectivity index (χ1v) is 13.9. The van der Waals surface area contributed by atoms with Crippen LogP contribution in [-0.2, 0) is 14.3 Å². The Kier molecular flexibility index (Phi) is 5.73. The van der Waals surface area contributed by atoms with Crippen LogP contribution in [0.2, 0.25) is 0 Å². The molecule has 0 unspecified atom stereocenters. The fourth-order valence-corrected chi connectivity index (χ4v) is 9.64. The number of allylic oxidation sites excluding steroid dienone is 1. The molecule has 0 spiro atoms. The molecule has 0 aromatic heterocycles. The largest absolute Gasteiger partial charge is 0.497 e. The first kappa shape index (κ1) is 23.7. The maximum atomic E-state index is 13.2. The predicted octanol–water partition coefficient (Wildman–Crippen LogP) is 6.68. The molecule has 1 aromatic carbocycles. The van der Waals surface area contributed by atoms with Gasteiger partial charge in [-0.1, -0.05) is 26.0 Å². The van der Waals surface area contributed by atoms with Crippen LogP contribution in [-0.4, -0.2) is 31.9 Å². The molecule has 0 N–H and O–H groups in total. The van der Waals surface area contributed by atoms with E-state index in [1.165, 1.54) is 38.5 Å². The molecule has 7 atom stereocenters. The van der Waals surface area contributed by atoms with Crippen molar-refractivity contribution in [3.63, 3.8) is 0 Å². The van der Waals surface area contributed by atoms with E-state index >= 15 is 0 Å². The zero-order chi connectivity index (χ0) is 24.4. The number of hydrogen-bond acceptors (Lipinski definition) is 4. The Morgan fingerprint density at radius 3 is 2.34 bits per heavy atom. The first-order chi connectivity index (χ1) is 16.8. The SMILES string of the molecule is COc1ccc(/C=C2/C[C@@]3(C)[C@@H](CC[C@H]4[C@H]3CC[C@]3(C)[C@@H]4CC[C@H]3C3(C)OCCO3)CC2=O)cc1. The van der Waals surface area contributed by atoms with Crippen molar-refractivity contribution >= 4 is 11.9 Å². The molecule has 4 nitrogen and oxygen atoms in total. The van der Waals surface area contributed by atoms with E-state index in [1.807, 2.05) is 12.1 Å². The maximum Gasteiger partial charge on any atom is 0.169 e. The highest BCUT2D eigenvalue weighted by Gasteiger charge is 2.64. The Morgan fingerprint density at radius 1 is 0.914 bits per heavy atom. The van der Waals surface area contributed by atoms with Crippen LogP contribution in [0.5, 0.6) is 5.75 Å². The van der Waals surface area contributed by atoms with E-state index in [9.17, 15) is 4.79 Å². The molecule has 0 amide bonds. The van der Waals surface area contributed by atoms with Crippen molar-refractivity contribution in [2.75, 3.05) is 20.3 Å². The van der Waals surface area contributed by atoms with Crippen LogP contribution >= 0.6 is 0 Å². The summed E-state index contributed by atoms with van der Waals surface area (Å²) in [7, 11) is 1.69. The third kappa shape index (κ3) is 3.65. The minimum Gasteiger partial charge on any atom is -0.497 e. The smallest absolute Gasteiger partial charge is 0.169 e. The molecule has 1 heterocycles. The van der Waals surface area contributed by atoms with Crippen molar-refractivity contribution in [3.05, 3.63) is 35.4 Å². The molecule has 1 aliphatic heterocycles. The van der Waals surface area contributed by atoms with Crippen LogP contribution in [0.25, 0.3) is 6.08 Å². The number of ether oxygens (including phenoxy) is 3. The van der Waals surface area contributed by atoms with Crippen molar-refractivity contribution in [2.24, 2.45) is 40.4 Å². The third-order valence-corrected chi connectivity index (χ3v) is 11.4. The van der Waals surface area contributed by atoms with Gasteiger partial charge in [0.25, 0.3) is 0 Å². The highest BCUT2D eigenvalue weighted by molar-refractivity contribution is 6.00. The number of Topliss-reactive ketones (excluding diaryl/α,β-unsaturated/α-hetero) is 1. The number of ketones is 1. The summed E-state index contributed by atoms with van der Waals surface area (Å²) in [6.45, 7) is 8.75. The first-order valence-electron chi connectivity index (χ1n) is 13.9. The number of carbonyl (C=O) groups excluding carboxylic acids is 1. The lowest BCUT2D eigenvalue weighted by atomic mass is 9.44. The second-order valence-electron chi connectivity index (χ2n) is 12.8. The van der Waals surface area contributed by atoms with Crippen molar-refractivity contribution < 1.29 is 19.0 Å². The topological polar surface area (TPSA) is 44.8 Å². The fraction of sp³-hybridized carbons (Fsp3) is 0.710. The monoisotopic (exact) mass is 478 g/mol. The van der Waals surface area contributed by atoms with Gasteiger partial charge in [0.1, 0.15) is 5.75 Å². The Hall–Kier alpha value is -1.65. The van der Waals surface area contributed by atoms with Crippen LogP contribution in [0, 0.1) is 40.4 Å². The summed E-state index contributed by atoms with van der Waals surface area (Å²) < 4.78 is 17.7. The molecule has 0 radical (unpaired) electrons. The van der Waals surface area contributed by atoms with Crippen LogP contribution in [0.1, 0.15) is 77.7 Å². The highest BCUT2D eigenvalue weighted by atomic mass is 16.7. The Balaban J connectivity index is 1.26. The van der Waals surface area contributed by atoms with Gasteiger partial charge in [-0.3, -0.25) is 4.79 Å². The van der Waals surface area contributed by atoms with Gasteiger partial charge in [-0.15, -0.1) is 0 Å². The summed E-state index contributed by atoms with van der Waals surface area (Å²) in [6, 6.07) is 8.10. The van der Waals surface area contributed by atoms with Gasteiger partial charge in [0.15, 0.2) is 11.6 Å². The minimum atomic E-state index is -0.400. The zero-order valence-corrected chi connectivity index (χ0v) is 22.0. The number of methoxy groups -OCH3 is 1. The molecule has 4 aliphatic carbocycles. The van der Waals surface area contributed by atoms with E-state index < -0.39 is 5.79 Å². The summed E-state index contributed by atoms with van der Waals surface area (Å²) in [4.78, 5) is 13.2. The summed E-state index contributed by atoms with van der Waals surface area (Å²) in [6.07, 6.45) is 11.4. The number of benzene rings is 1. The lowest BCUT2D eigenvalue weighted by Gasteiger charge is -2.61.